The van der Waals surface area contributed by atoms with Crippen LogP contribution < -0.4 is 5.32 Å². The van der Waals surface area contributed by atoms with Crippen molar-refractivity contribution in [1.82, 2.24) is 19.8 Å². The van der Waals surface area contributed by atoms with Crippen LogP contribution in [-0.2, 0) is 11.2 Å². The quantitative estimate of drug-likeness (QED) is 0.777. The molecule has 1 unspecified atom stereocenters. The summed E-state index contributed by atoms with van der Waals surface area (Å²) in [6.45, 7) is 5.48. The van der Waals surface area contributed by atoms with Crippen LogP contribution in [0.25, 0.3) is 0 Å². The lowest BCUT2D eigenvalue weighted by molar-refractivity contribution is -0.123. The van der Waals surface area contributed by atoms with Crippen LogP contribution in [0.4, 0.5) is 0 Å². The van der Waals surface area contributed by atoms with E-state index in [0.29, 0.717) is 31.2 Å². The molecule has 0 radical (unpaired) electrons. The third-order valence-electron chi connectivity index (χ3n) is 6.48. The van der Waals surface area contributed by atoms with E-state index >= 15 is 0 Å². The van der Waals surface area contributed by atoms with Gasteiger partial charge in [-0.15, -0.1) is 0 Å². The molecule has 1 saturated carbocycles. The third kappa shape index (κ3) is 4.23. The van der Waals surface area contributed by atoms with Crippen molar-refractivity contribution in [2.45, 2.75) is 64.0 Å². The fourth-order valence-electron chi connectivity index (χ4n) is 4.48. The Kier molecular flexibility index (Phi) is 5.48. The lowest BCUT2D eigenvalue weighted by Gasteiger charge is -2.36. The Bertz CT molecular complexity index is 845. The second-order valence-corrected chi connectivity index (χ2v) is 8.45. The molecule has 0 bridgehead atoms. The molecule has 3 heterocycles. The standard InChI is InChI=1S/C22H30N4O3/c1-3-18-4-5-19(29-18)21(28)25-11-6-17(7-12-25)22(8-9-22)24-20(27)14-16(2)26-13-10-23-15-26/h4-5,10,13,15-17H,3,6-9,11-12,14H2,1-2H3,(H,24,27). The van der Waals surface area contributed by atoms with Gasteiger partial charge < -0.3 is 19.2 Å². The summed E-state index contributed by atoms with van der Waals surface area (Å²) in [7, 11) is 0. The number of aryl methyl sites for hydroxylation is 1. The lowest BCUT2D eigenvalue weighted by Crippen LogP contribution is -2.48. The molecule has 156 valence electrons. The van der Waals surface area contributed by atoms with Crippen LogP contribution in [0.3, 0.4) is 0 Å². The number of nitrogens with zero attached hydrogens (tertiary/aromatic N) is 3. The largest absolute Gasteiger partial charge is 0.456 e. The van der Waals surface area contributed by atoms with E-state index < -0.39 is 0 Å². The van der Waals surface area contributed by atoms with Gasteiger partial charge in [-0.2, -0.15) is 0 Å². The van der Waals surface area contributed by atoms with Gasteiger partial charge in [0.1, 0.15) is 5.76 Å². The number of carbonyl (C=O) groups is 2. The first-order chi connectivity index (χ1) is 14.0. The molecule has 2 aromatic rings. The van der Waals surface area contributed by atoms with E-state index in [9.17, 15) is 9.59 Å². The van der Waals surface area contributed by atoms with E-state index in [1.54, 1.807) is 18.6 Å². The van der Waals surface area contributed by atoms with Crippen molar-refractivity contribution in [3.8, 4) is 0 Å². The number of imidazole rings is 1. The molecular formula is C22H30N4O3. The summed E-state index contributed by atoms with van der Waals surface area (Å²) in [6.07, 6.45) is 10.5. The number of amides is 2. The zero-order valence-corrected chi connectivity index (χ0v) is 17.3. The van der Waals surface area contributed by atoms with Gasteiger partial charge >= 0.3 is 0 Å². The molecule has 1 aliphatic carbocycles. The molecule has 1 N–H and O–H groups in total. The molecule has 29 heavy (non-hydrogen) atoms. The van der Waals surface area contributed by atoms with E-state index in [0.717, 1.165) is 37.9 Å². The number of hydrogen-bond donors (Lipinski definition) is 1. The summed E-state index contributed by atoms with van der Waals surface area (Å²) in [5.74, 6) is 1.79. The molecule has 0 aromatic carbocycles. The second kappa shape index (κ2) is 8.05. The van der Waals surface area contributed by atoms with Gasteiger partial charge in [-0.3, -0.25) is 9.59 Å². The van der Waals surface area contributed by atoms with Gasteiger partial charge in [0.25, 0.3) is 5.91 Å². The topological polar surface area (TPSA) is 80.4 Å². The first-order valence-corrected chi connectivity index (χ1v) is 10.7. The highest BCUT2D eigenvalue weighted by Crippen LogP contribution is 2.47. The second-order valence-electron chi connectivity index (χ2n) is 8.45. The summed E-state index contributed by atoms with van der Waals surface area (Å²) < 4.78 is 7.58. The summed E-state index contributed by atoms with van der Waals surface area (Å²) in [5.41, 5.74) is -0.0685. The molecule has 2 aliphatic rings. The Morgan fingerprint density at radius 1 is 1.31 bits per heavy atom. The monoisotopic (exact) mass is 398 g/mol. The van der Waals surface area contributed by atoms with Crippen LogP contribution in [0.2, 0.25) is 0 Å². The van der Waals surface area contributed by atoms with Gasteiger partial charge in [0.2, 0.25) is 5.91 Å². The summed E-state index contributed by atoms with van der Waals surface area (Å²) >= 11 is 0. The molecule has 7 heteroatoms. The molecule has 1 atom stereocenters. The van der Waals surface area contributed by atoms with Gasteiger partial charge in [0.15, 0.2) is 5.76 Å². The minimum Gasteiger partial charge on any atom is -0.456 e. The number of carbonyl (C=O) groups excluding carboxylic acids is 2. The SMILES string of the molecule is CCc1ccc(C(=O)N2CCC(C3(NC(=O)CC(C)n4ccnc4)CC3)CC2)o1. The van der Waals surface area contributed by atoms with E-state index in [4.69, 9.17) is 4.42 Å². The van der Waals surface area contributed by atoms with Gasteiger partial charge in [0.05, 0.1) is 6.33 Å². The first kappa shape index (κ1) is 19.7. The van der Waals surface area contributed by atoms with E-state index in [2.05, 4.69) is 10.3 Å². The van der Waals surface area contributed by atoms with Gasteiger partial charge in [-0.1, -0.05) is 6.92 Å². The fraction of sp³-hybridized carbons (Fsp3) is 0.591. The van der Waals surface area contributed by atoms with Crippen LogP contribution in [0.1, 0.15) is 68.3 Å². The number of piperidine rings is 1. The van der Waals surface area contributed by atoms with Crippen LogP contribution in [0.15, 0.2) is 35.3 Å². The van der Waals surface area contributed by atoms with Crippen LogP contribution in [0, 0.1) is 5.92 Å². The fourth-order valence-corrected chi connectivity index (χ4v) is 4.48. The molecule has 2 fully saturated rings. The number of aromatic nitrogens is 2. The Hall–Kier alpha value is -2.57. The van der Waals surface area contributed by atoms with Crippen LogP contribution in [-0.4, -0.2) is 44.9 Å². The minimum atomic E-state index is -0.0685. The first-order valence-electron chi connectivity index (χ1n) is 10.7. The Labute approximate surface area is 171 Å². The summed E-state index contributed by atoms with van der Waals surface area (Å²) in [5, 5.41) is 3.32. The average molecular weight is 399 g/mol. The number of nitrogens with one attached hydrogen (secondary N) is 1. The van der Waals surface area contributed by atoms with Crippen LogP contribution >= 0.6 is 0 Å². The van der Waals surface area contributed by atoms with Gasteiger partial charge in [-0.05, 0) is 50.7 Å². The molecular weight excluding hydrogens is 368 g/mol. The number of rotatable bonds is 7. The van der Waals surface area contributed by atoms with E-state index in [1.807, 2.05) is 35.6 Å². The highest BCUT2D eigenvalue weighted by molar-refractivity contribution is 5.91. The molecule has 1 aliphatic heterocycles. The maximum absolute atomic E-state index is 12.7. The van der Waals surface area contributed by atoms with Crippen molar-refractivity contribution >= 4 is 11.8 Å². The summed E-state index contributed by atoms with van der Waals surface area (Å²) in [6, 6.07) is 3.74. The van der Waals surface area contributed by atoms with Crippen molar-refractivity contribution in [2.24, 2.45) is 5.92 Å². The highest BCUT2D eigenvalue weighted by Gasteiger charge is 2.51. The molecule has 1 saturated heterocycles. The van der Waals surface area contributed by atoms with Gasteiger partial charge in [-0.25, -0.2) is 4.98 Å². The van der Waals surface area contributed by atoms with Crippen molar-refractivity contribution in [3.05, 3.63) is 42.4 Å². The van der Waals surface area contributed by atoms with Gasteiger partial charge in [0, 0.05) is 49.9 Å². The summed E-state index contributed by atoms with van der Waals surface area (Å²) in [4.78, 5) is 31.2. The Balaban J connectivity index is 1.28. The zero-order chi connectivity index (χ0) is 20.4. The van der Waals surface area contributed by atoms with Crippen LogP contribution in [0.5, 0.6) is 0 Å². The lowest BCUT2D eigenvalue weighted by atomic mass is 9.87. The zero-order valence-electron chi connectivity index (χ0n) is 17.3. The molecule has 7 nitrogen and oxygen atoms in total. The third-order valence-corrected chi connectivity index (χ3v) is 6.48. The number of furan rings is 1. The highest BCUT2D eigenvalue weighted by atomic mass is 16.4. The number of hydrogen-bond acceptors (Lipinski definition) is 4. The normalized spacial score (nSPS) is 19.7. The predicted octanol–water partition coefficient (Wildman–Crippen LogP) is 3.19. The van der Waals surface area contributed by atoms with Crippen molar-refractivity contribution < 1.29 is 14.0 Å². The smallest absolute Gasteiger partial charge is 0.289 e. The van der Waals surface area contributed by atoms with Crippen molar-refractivity contribution in [1.29, 1.82) is 0 Å². The molecule has 4 rings (SSSR count). The maximum atomic E-state index is 12.7. The average Bonchev–Trinajstić information content (AvgIpc) is 3.16. The van der Waals surface area contributed by atoms with E-state index in [1.165, 1.54) is 0 Å². The Morgan fingerprint density at radius 2 is 2.07 bits per heavy atom. The van der Waals surface area contributed by atoms with Crippen molar-refractivity contribution in [2.75, 3.05) is 13.1 Å². The van der Waals surface area contributed by atoms with Crippen molar-refractivity contribution in [3.63, 3.8) is 0 Å². The molecule has 2 amide bonds. The Morgan fingerprint density at radius 3 is 2.66 bits per heavy atom. The maximum Gasteiger partial charge on any atom is 0.289 e. The molecule has 2 aromatic heterocycles. The molecule has 0 spiro atoms. The predicted molar refractivity (Wildman–Crippen MR) is 108 cm³/mol. The number of likely N-dealkylation sites (tertiary alicyclic amines) is 1. The minimum absolute atomic E-state index is 0.0220. The van der Waals surface area contributed by atoms with E-state index in [-0.39, 0.29) is 23.4 Å².